The predicted octanol–water partition coefficient (Wildman–Crippen LogP) is 4.55. The summed E-state index contributed by atoms with van der Waals surface area (Å²) in [5, 5.41) is 5.41. The van der Waals surface area contributed by atoms with Gasteiger partial charge in [0.25, 0.3) is 0 Å². The molecule has 1 aromatic carbocycles. The van der Waals surface area contributed by atoms with Crippen molar-refractivity contribution in [1.29, 1.82) is 0 Å². The molecule has 6 rings (SSSR count). The highest BCUT2D eigenvalue weighted by molar-refractivity contribution is 5.98. The second kappa shape index (κ2) is 8.83. The third-order valence-corrected chi connectivity index (χ3v) is 7.38. The van der Waals surface area contributed by atoms with E-state index in [1.54, 1.807) is 12.3 Å². The van der Waals surface area contributed by atoms with Gasteiger partial charge in [-0.25, -0.2) is 13.9 Å². The van der Waals surface area contributed by atoms with Gasteiger partial charge < -0.3 is 14.5 Å². The van der Waals surface area contributed by atoms with Gasteiger partial charge in [-0.15, -0.1) is 0 Å². The molecule has 0 unspecified atom stereocenters. The quantitative estimate of drug-likeness (QED) is 0.445. The fraction of sp³-hybridized carbons (Fsp3) is 0.423. The van der Waals surface area contributed by atoms with Crippen molar-refractivity contribution in [2.24, 2.45) is 0 Å². The Labute approximate surface area is 198 Å². The Bertz CT molecular complexity index is 1320. The Kier molecular flexibility index (Phi) is 5.53. The van der Waals surface area contributed by atoms with Gasteiger partial charge in [0.1, 0.15) is 0 Å². The molecule has 2 fully saturated rings. The fourth-order valence-electron chi connectivity index (χ4n) is 5.53. The maximum Gasteiger partial charge on any atom is 0.167 e. The Morgan fingerprint density at radius 3 is 2.59 bits per heavy atom. The van der Waals surface area contributed by atoms with E-state index in [0.29, 0.717) is 11.6 Å². The van der Waals surface area contributed by atoms with Crippen molar-refractivity contribution in [2.45, 2.75) is 38.1 Å². The summed E-state index contributed by atoms with van der Waals surface area (Å²) in [4.78, 5) is 14.2. The molecule has 0 amide bonds. The van der Waals surface area contributed by atoms with E-state index in [1.807, 2.05) is 23.0 Å². The van der Waals surface area contributed by atoms with Crippen LogP contribution in [0, 0.1) is 5.82 Å². The van der Waals surface area contributed by atoms with E-state index in [9.17, 15) is 4.39 Å². The molecule has 8 heteroatoms. The molecular formula is C26H29FN6O. The van der Waals surface area contributed by atoms with E-state index in [4.69, 9.17) is 9.72 Å². The van der Waals surface area contributed by atoms with Crippen LogP contribution in [0.4, 0.5) is 10.1 Å². The molecule has 2 aliphatic heterocycles. The van der Waals surface area contributed by atoms with Crippen molar-refractivity contribution in [1.82, 2.24) is 24.5 Å². The number of benzene rings is 1. The van der Waals surface area contributed by atoms with Crippen LogP contribution >= 0.6 is 0 Å². The Morgan fingerprint density at radius 1 is 0.971 bits per heavy atom. The minimum absolute atomic E-state index is 0.196. The van der Waals surface area contributed by atoms with Crippen LogP contribution in [0.2, 0.25) is 0 Å². The zero-order valence-corrected chi connectivity index (χ0v) is 19.5. The molecule has 2 aliphatic rings. The summed E-state index contributed by atoms with van der Waals surface area (Å²) < 4.78 is 21.2. The average Bonchev–Trinajstić information content (AvgIpc) is 3.31. The summed E-state index contributed by atoms with van der Waals surface area (Å²) >= 11 is 0. The van der Waals surface area contributed by atoms with E-state index >= 15 is 0 Å². The number of anilines is 1. The molecule has 34 heavy (non-hydrogen) atoms. The number of aromatic nitrogens is 4. The number of nitrogens with zero attached hydrogens (tertiary/aromatic N) is 6. The van der Waals surface area contributed by atoms with Crippen LogP contribution in [0.3, 0.4) is 0 Å². The third kappa shape index (κ3) is 3.76. The van der Waals surface area contributed by atoms with Crippen LogP contribution in [-0.4, -0.2) is 63.8 Å². The first-order chi connectivity index (χ1) is 16.7. The molecule has 4 aromatic rings. The van der Waals surface area contributed by atoms with E-state index < -0.39 is 5.82 Å². The molecular weight excluding hydrogens is 431 g/mol. The number of hydrogen-bond donors (Lipinski definition) is 0. The normalized spacial score (nSPS) is 18.1. The zero-order chi connectivity index (χ0) is 23.1. The topological polar surface area (TPSA) is 58.8 Å². The lowest BCUT2D eigenvalue weighted by Gasteiger charge is -2.40. The molecule has 7 nitrogen and oxygen atoms in total. The number of rotatable bonds is 4. The molecule has 0 N–H and O–H groups in total. The van der Waals surface area contributed by atoms with Crippen LogP contribution < -0.4 is 9.64 Å². The van der Waals surface area contributed by atoms with Crippen LogP contribution in [0.1, 0.15) is 32.1 Å². The number of fused-ring (bicyclic) bond motifs is 2. The Balaban J connectivity index is 1.27. The zero-order valence-electron chi connectivity index (χ0n) is 19.5. The highest BCUT2D eigenvalue weighted by Crippen LogP contribution is 2.34. The molecule has 0 bridgehead atoms. The van der Waals surface area contributed by atoms with Crippen molar-refractivity contribution >= 4 is 22.2 Å². The SMILES string of the molecule is COc1cc2c(-c3cnn4cc(N5CCC(N6CCCCC6)CC5)cnc34)ccnc2cc1F. The van der Waals surface area contributed by atoms with Gasteiger partial charge in [-0.2, -0.15) is 5.10 Å². The predicted molar refractivity (Wildman–Crippen MR) is 131 cm³/mol. The summed E-state index contributed by atoms with van der Waals surface area (Å²) in [5.41, 5.74) is 4.23. The Hall–Kier alpha value is -3.26. The minimum Gasteiger partial charge on any atom is -0.494 e. The van der Waals surface area contributed by atoms with Crippen molar-refractivity contribution in [3.8, 4) is 16.9 Å². The van der Waals surface area contributed by atoms with Gasteiger partial charge in [-0.1, -0.05) is 6.42 Å². The molecule has 0 spiro atoms. The van der Waals surface area contributed by atoms with Crippen LogP contribution in [0.15, 0.2) is 43.0 Å². The van der Waals surface area contributed by atoms with E-state index in [2.05, 4.69) is 26.1 Å². The second-order valence-corrected chi connectivity index (χ2v) is 9.32. The highest BCUT2D eigenvalue weighted by Gasteiger charge is 2.26. The van der Waals surface area contributed by atoms with Gasteiger partial charge in [0.2, 0.25) is 0 Å². The van der Waals surface area contributed by atoms with Crippen molar-refractivity contribution in [3.63, 3.8) is 0 Å². The van der Waals surface area contributed by atoms with E-state index in [1.165, 1.54) is 58.4 Å². The standard InChI is InChI=1S/C26H29FN6O/c1-34-25-13-21-20(5-8-28-24(21)14-23(25)27)22-16-30-33-17-19(15-29-26(22)33)32-11-6-18(7-12-32)31-9-3-2-4-10-31/h5,8,13-18H,2-4,6-7,9-12H2,1H3. The van der Waals surface area contributed by atoms with Crippen molar-refractivity contribution in [3.05, 3.63) is 48.8 Å². The number of halogens is 1. The minimum atomic E-state index is -0.425. The second-order valence-electron chi connectivity index (χ2n) is 9.32. The van der Waals surface area contributed by atoms with Crippen LogP contribution in [-0.2, 0) is 0 Å². The molecule has 176 valence electrons. The first kappa shape index (κ1) is 21.3. The lowest BCUT2D eigenvalue weighted by atomic mass is 10.00. The summed E-state index contributed by atoms with van der Waals surface area (Å²) in [6.45, 7) is 4.61. The highest BCUT2D eigenvalue weighted by atomic mass is 19.1. The lowest BCUT2D eigenvalue weighted by molar-refractivity contribution is 0.141. The summed E-state index contributed by atoms with van der Waals surface area (Å²) in [5.74, 6) is -0.229. The molecule has 5 heterocycles. The molecule has 0 atom stereocenters. The number of pyridine rings is 1. The fourth-order valence-corrected chi connectivity index (χ4v) is 5.53. The summed E-state index contributed by atoms with van der Waals surface area (Å²) in [7, 11) is 1.47. The van der Waals surface area contributed by atoms with E-state index in [0.717, 1.165) is 40.9 Å². The van der Waals surface area contributed by atoms with Gasteiger partial charge in [0.05, 0.1) is 36.9 Å². The number of likely N-dealkylation sites (tertiary alicyclic amines) is 1. The van der Waals surface area contributed by atoms with Gasteiger partial charge in [0, 0.05) is 42.3 Å². The number of piperidine rings is 2. The molecule has 0 radical (unpaired) electrons. The van der Waals surface area contributed by atoms with Crippen LogP contribution in [0.25, 0.3) is 27.7 Å². The van der Waals surface area contributed by atoms with Crippen molar-refractivity contribution in [2.75, 3.05) is 38.2 Å². The van der Waals surface area contributed by atoms with Crippen LogP contribution in [0.5, 0.6) is 5.75 Å². The summed E-state index contributed by atoms with van der Waals surface area (Å²) in [6, 6.07) is 5.73. The number of hydrogen-bond acceptors (Lipinski definition) is 6. The molecule has 3 aromatic heterocycles. The van der Waals surface area contributed by atoms with Gasteiger partial charge in [-0.05, 0) is 56.5 Å². The molecule has 0 saturated carbocycles. The van der Waals surface area contributed by atoms with Gasteiger partial charge in [-0.3, -0.25) is 4.98 Å². The smallest absolute Gasteiger partial charge is 0.167 e. The summed E-state index contributed by atoms with van der Waals surface area (Å²) in [6.07, 6.45) is 14.0. The van der Waals surface area contributed by atoms with Gasteiger partial charge in [0.15, 0.2) is 17.2 Å². The maximum atomic E-state index is 14.2. The first-order valence-electron chi connectivity index (χ1n) is 12.2. The maximum absolute atomic E-state index is 14.2. The third-order valence-electron chi connectivity index (χ3n) is 7.38. The first-order valence-corrected chi connectivity index (χ1v) is 12.2. The van der Waals surface area contributed by atoms with Gasteiger partial charge >= 0.3 is 0 Å². The molecule has 2 saturated heterocycles. The molecule has 0 aliphatic carbocycles. The number of ether oxygens (including phenoxy) is 1. The lowest BCUT2D eigenvalue weighted by Crippen LogP contribution is -2.46. The average molecular weight is 461 g/mol. The van der Waals surface area contributed by atoms with E-state index in [-0.39, 0.29) is 5.75 Å². The van der Waals surface area contributed by atoms with Crippen molar-refractivity contribution < 1.29 is 9.13 Å². The largest absolute Gasteiger partial charge is 0.494 e. The Morgan fingerprint density at radius 2 is 1.79 bits per heavy atom. The number of methoxy groups -OCH3 is 1. The monoisotopic (exact) mass is 460 g/mol.